The SMILES string of the molecule is C=C.C=C.C=C.NC(=O)N1CC1.Nc1nc(N)nc(N)n1. The van der Waals surface area contributed by atoms with Gasteiger partial charge in [0.2, 0.25) is 17.8 Å². The van der Waals surface area contributed by atoms with Crippen molar-refractivity contribution in [3.8, 4) is 0 Å². The zero-order valence-electron chi connectivity index (χ0n) is 12.2. The van der Waals surface area contributed by atoms with Crippen LogP contribution >= 0.6 is 0 Å². The molecule has 118 valence electrons. The Kier molecular flexibility index (Phi) is 16.4. The Hall–Kier alpha value is -3.10. The van der Waals surface area contributed by atoms with Gasteiger partial charge >= 0.3 is 6.03 Å². The highest BCUT2D eigenvalue weighted by Gasteiger charge is 2.20. The normalized spacial score (nSPS) is 9.62. The highest BCUT2D eigenvalue weighted by Crippen LogP contribution is 1.99. The van der Waals surface area contributed by atoms with Crippen LogP contribution in [-0.4, -0.2) is 39.0 Å². The van der Waals surface area contributed by atoms with Crippen LogP contribution in [0.2, 0.25) is 0 Å². The highest BCUT2D eigenvalue weighted by atomic mass is 16.2. The summed E-state index contributed by atoms with van der Waals surface area (Å²) in [6.07, 6.45) is 0. The Labute approximate surface area is 125 Å². The Balaban J connectivity index is -0.000000235. The first-order chi connectivity index (χ1) is 9.99. The summed E-state index contributed by atoms with van der Waals surface area (Å²) in [7, 11) is 0. The number of nitrogens with zero attached hydrogens (tertiary/aromatic N) is 4. The molecule has 0 atom stereocenters. The summed E-state index contributed by atoms with van der Waals surface area (Å²) in [6, 6.07) is -0.296. The van der Waals surface area contributed by atoms with E-state index in [1.165, 1.54) is 0 Å². The quantitative estimate of drug-likeness (QED) is 0.397. The van der Waals surface area contributed by atoms with E-state index in [1.54, 1.807) is 4.90 Å². The van der Waals surface area contributed by atoms with Crippen LogP contribution in [0.1, 0.15) is 0 Å². The number of primary amides is 1. The first-order valence-corrected chi connectivity index (χ1v) is 5.56. The number of amides is 2. The highest BCUT2D eigenvalue weighted by molar-refractivity contribution is 5.74. The van der Waals surface area contributed by atoms with Crippen molar-refractivity contribution < 1.29 is 4.79 Å². The van der Waals surface area contributed by atoms with Crippen molar-refractivity contribution in [2.45, 2.75) is 0 Å². The molecule has 1 aromatic rings. The van der Waals surface area contributed by atoms with E-state index in [9.17, 15) is 4.79 Å². The molecule has 2 rings (SSSR count). The Bertz CT molecular complexity index is 353. The van der Waals surface area contributed by atoms with Gasteiger partial charge in [-0.1, -0.05) is 0 Å². The molecule has 0 bridgehead atoms. The van der Waals surface area contributed by atoms with Crippen LogP contribution in [-0.2, 0) is 0 Å². The average Bonchev–Trinajstić information content (AvgIpc) is 3.29. The van der Waals surface area contributed by atoms with Gasteiger partial charge in [-0.3, -0.25) is 0 Å². The topological polar surface area (TPSA) is 163 Å². The molecule has 1 saturated heterocycles. The van der Waals surface area contributed by atoms with Gasteiger partial charge in [0.15, 0.2) is 0 Å². The molecule has 8 N–H and O–H groups in total. The van der Waals surface area contributed by atoms with Crippen molar-refractivity contribution in [3.63, 3.8) is 0 Å². The smallest absolute Gasteiger partial charge is 0.314 e. The summed E-state index contributed by atoms with van der Waals surface area (Å²) in [5.41, 5.74) is 20.2. The molecule has 2 heterocycles. The number of rotatable bonds is 0. The fourth-order valence-corrected chi connectivity index (χ4v) is 0.697. The fraction of sp³-hybridized carbons (Fsp3) is 0.167. The minimum absolute atomic E-state index is 0.0417. The zero-order chi connectivity index (χ0) is 17.4. The lowest BCUT2D eigenvalue weighted by Gasteiger charge is -1.93. The molecule has 0 radical (unpaired) electrons. The molecular weight excluding hydrogens is 272 g/mol. The Morgan fingerprint density at radius 3 is 1.14 bits per heavy atom. The molecule has 1 aromatic heterocycles. The molecule has 1 aliphatic heterocycles. The molecule has 0 spiro atoms. The standard InChI is InChI=1S/C3H6N6.C3H6N2O.3C2H4/c4-1-7-2(5)9-3(6)8-1;4-3(6)5-1-2-5;3*1-2/h(H6,4,5,6,7,8,9);1-2H2,(H2,4,6);3*1-2H2. The minimum Gasteiger partial charge on any atom is -0.368 e. The average molecular weight is 296 g/mol. The maximum atomic E-state index is 9.91. The third-order valence-corrected chi connectivity index (χ3v) is 1.45. The third-order valence-electron chi connectivity index (χ3n) is 1.45. The number of nitrogens with two attached hydrogens (primary N) is 4. The third kappa shape index (κ3) is 14.8. The molecule has 9 heteroatoms. The number of nitrogen functional groups attached to an aromatic ring is 3. The van der Waals surface area contributed by atoms with Crippen LogP contribution < -0.4 is 22.9 Å². The van der Waals surface area contributed by atoms with Gasteiger partial charge in [0.25, 0.3) is 0 Å². The predicted molar refractivity (Wildman–Crippen MR) is 88.0 cm³/mol. The molecule has 0 aliphatic carbocycles. The van der Waals surface area contributed by atoms with Gasteiger partial charge in [0.05, 0.1) is 0 Å². The Morgan fingerprint density at radius 2 is 1.05 bits per heavy atom. The first-order valence-electron chi connectivity index (χ1n) is 5.56. The Morgan fingerprint density at radius 1 is 0.810 bits per heavy atom. The van der Waals surface area contributed by atoms with Crippen molar-refractivity contribution in [3.05, 3.63) is 39.5 Å². The van der Waals surface area contributed by atoms with E-state index in [2.05, 4.69) is 54.4 Å². The summed E-state index contributed by atoms with van der Waals surface area (Å²) in [4.78, 5) is 21.9. The van der Waals surface area contributed by atoms with Gasteiger partial charge < -0.3 is 27.8 Å². The van der Waals surface area contributed by atoms with E-state index < -0.39 is 0 Å². The van der Waals surface area contributed by atoms with Gasteiger partial charge in [-0.2, -0.15) is 15.0 Å². The molecule has 1 aliphatic rings. The van der Waals surface area contributed by atoms with Crippen molar-refractivity contribution >= 4 is 23.9 Å². The second-order valence-corrected chi connectivity index (χ2v) is 2.74. The number of urea groups is 1. The lowest BCUT2D eigenvalue weighted by Crippen LogP contribution is -2.17. The minimum atomic E-state index is -0.296. The number of carbonyl (C=O) groups excluding carboxylic acids is 1. The summed E-state index contributed by atoms with van der Waals surface area (Å²) in [5.74, 6) is 0.125. The van der Waals surface area contributed by atoms with Crippen LogP contribution in [0.25, 0.3) is 0 Å². The summed E-state index contributed by atoms with van der Waals surface area (Å²) >= 11 is 0. The maximum absolute atomic E-state index is 9.91. The van der Waals surface area contributed by atoms with Crippen molar-refractivity contribution in [2.75, 3.05) is 30.3 Å². The molecular formula is C12H24N8O. The number of carbonyl (C=O) groups is 1. The van der Waals surface area contributed by atoms with E-state index in [0.29, 0.717) is 0 Å². The summed E-state index contributed by atoms with van der Waals surface area (Å²) < 4.78 is 0. The van der Waals surface area contributed by atoms with Gasteiger partial charge in [-0.05, 0) is 0 Å². The maximum Gasteiger partial charge on any atom is 0.314 e. The van der Waals surface area contributed by atoms with Gasteiger partial charge in [-0.25, -0.2) is 4.79 Å². The van der Waals surface area contributed by atoms with E-state index in [-0.39, 0.29) is 23.9 Å². The monoisotopic (exact) mass is 296 g/mol. The van der Waals surface area contributed by atoms with Crippen molar-refractivity contribution in [2.24, 2.45) is 5.73 Å². The van der Waals surface area contributed by atoms with E-state index in [0.717, 1.165) is 13.1 Å². The van der Waals surface area contributed by atoms with Crippen molar-refractivity contribution in [1.82, 2.24) is 19.9 Å². The lowest BCUT2D eigenvalue weighted by molar-refractivity contribution is 0.238. The summed E-state index contributed by atoms with van der Waals surface area (Å²) in [6.45, 7) is 19.7. The van der Waals surface area contributed by atoms with Gasteiger partial charge in [0.1, 0.15) is 0 Å². The molecule has 0 saturated carbocycles. The van der Waals surface area contributed by atoms with Gasteiger partial charge in [-0.15, -0.1) is 39.5 Å². The summed E-state index contributed by atoms with van der Waals surface area (Å²) in [5, 5.41) is 0. The predicted octanol–water partition coefficient (Wildman–Crippen LogP) is 0.406. The molecule has 1 fully saturated rings. The number of aromatic nitrogens is 3. The molecule has 21 heavy (non-hydrogen) atoms. The van der Waals surface area contributed by atoms with Gasteiger partial charge in [0, 0.05) is 13.1 Å². The number of anilines is 3. The van der Waals surface area contributed by atoms with Crippen LogP contribution in [0.15, 0.2) is 39.5 Å². The molecule has 9 nitrogen and oxygen atoms in total. The van der Waals surface area contributed by atoms with E-state index in [4.69, 9.17) is 22.9 Å². The lowest BCUT2D eigenvalue weighted by atomic mass is 10.9. The molecule has 0 aromatic carbocycles. The number of hydrogen-bond acceptors (Lipinski definition) is 7. The van der Waals surface area contributed by atoms with E-state index in [1.807, 2.05) is 0 Å². The first kappa shape index (κ1) is 23.0. The van der Waals surface area contributed by atoms with E-state index >= 15 is 0 Å². The molecule has 2 amide bonds. The second-order valence-electron chi connectivity index (χ2n) is 2.74. The number of hydrogen-bond donors (Lipinski definition) is 4. The fourth-order valence-electron chi connectivity index (χ4n) is 0.697. The second kappa shape index (κ2) is 15.0. The van der Waals surface area contributed by atoms with Crippen LogP contribution in [0.3, 0.4) is 0 Å². The van der Waals surface area contributed by atoms with Crippen molar-refractivity contribution in [1.29, 1.82) is 0 Å². The van der Waals surface area contributed by atoms with Crippen LogP contribution in [0, 0.1) is 0 Å². The largest absolute Gasteiger partial charge is 0.368 e. The molecule has 0 unspecified atom stereocenters. The van der Waals surface area contributed by atoms with Crippen LogP contribution in [0.4, 0.5) is 22.6 Å². The van der Waals surface area contributed by atoms with Crippen LogP contribution in [0.5, 0.6) is 0 Å². The zero-order valence-corrected chi connectivity index (χ0v) is 12.2.